The average molecular weight is 277 g/mol. The molecule has 0 radical (unpaired) electrons. The molecule has 20 heavy (non-hydrogen) atoms. The molecule has 6 nitrogen and oxygen atoms in total. The molecular weight excluding hydrogens is 258 g/mol. The van der Waals surface area contributed by atoms with Crippen molar-refractivity contribution >= 4 is 17.5 Å². The summed E-state index contributed by atoms with van der Waals surface area (Å²) >= 11 is 0. The summed E-state index contributed by atoms with van der Waals surface area (Å²) in [4.78, 5) is 25.0. The summed E-state index contributed by atoms with van der Waals surface area (Å²) in [5.74, 6) is -0.241. The average Bonchev–Trinajstić information content (AvgIpc) is 2.40. The molecule has 0 saturated carbocycles. The fraction of sp³-hybridized carbons (Fsp3) is 0.429. The lowest BCUT2D eigenvalue weighted by Gasteiger charge is -2.35. The van der Waals surface area contributed by atoms with Crippen LogP contribution in [-0.2, 0) is 16.1 Å². The number of nitrogens with zero attached hydrogens (tertiary/aromatic N) is 1. The Morgan fingerprint density at radius 2 is 2.15 bits per heavy atom. The van der Waals surface area contributed by atoms with Crippen LogP contribution in [0, 0.1) is 5.92 Å². The van der Waals surface area contributed by atoms with Crippen LogP contribution in [0.25, 0.3) is 0 Å². The normalized spacial score (nSPS) is 17.9. The number of hydrogen-bond donors (Lipinski definition) is 2. The Morgan fingerprint density at radius 3 is 2.70 bits per heavy atom. The third kappa shape index (κ3) is 2.60. The van der Waals surface area contributed by atoms with E-state index in [2.05, 4.69) is 0 Å². The van der Waals surface area contributed by atoms with Gasteiger partial charge in [-0.1, -0.05) is 19.9 Å². The number of fused-ring (bicyclic) bond motifs is 1. The van der Waals surface area contributed by atoms with Crippen molar-refractivity contribution in [3.05, 3.63) is 23.8 Å². The Balaban J connectivity index is 2.47. The van der Waals surface area contributed by atoms with E-state index in [0.29, 0.717) is 18.0 Å². The number of hydrogen-bond acceptors (Lipinski definition) is 4. The van der Waals surface area contributed by atoms with Gasteiger partial charge in [0.2, 0.25) is 5.91 Å². The number of nitrogens with two attached hydrogens (primary N) is 2. The SMILES string of the molecule is CC(C)C1Oc2ccc(CN)cc2N(CC(N)=O)C1=O. The van der Waals surface area contributed by atoms with Crippen molar-refractivity contribution in [1.29, 1.82) is 0 Å². The first kappa shape index (κ1) is 14.3. The molecular formula is C14H19N3O3. The van der Waals surface area contributed by atoms with Gasteiger partial charge < -0.3 is 16.2 Å². The van der Waals surface area contributed by atoms with Crippen molar-refractivity contribution in [3.8, 4) is 5.75 Å². The van der Waals surface area contributed by atoms with E-state index in [4.69, 9.17) is 16.2 Å². The molecule has 2 rings (SSSR count). The van der Waals surface area contributed by atoms with E-state index in [-0.39, 0.29) is 18.4 Å². The summed E-state index contributed by atoms with van der Waals surface area (Å²) in [6.45, 7) is 3.97. The summed E-state index contributed by atoms with van der Waals surface area (Å²) in [6, 6.07) is 5.37. The molecule has 0 aromatic heterocycles. The van der Waals surface area contributed by atoms with E-state index < -0.39 is 12.0 Å². The minimum atomic E-state index is -0.606. The molecule has 0 spiro atoms. The number of benzene rings is 1. The highest BCUT2D eigenvalue weighted by Gasteiger charge is 2.36. The number of carbonyl (C=O) groups excluding carboxylic acids is 2. The van der Waals surface area contributed by atoms with E-state index in [1.54, 1.807) is 12.1 Å². The van der Waals surface area contributed by atoms with Gasteiger partial charge in [0.15, 0.2) is 6.10 Å². The fourth-order valence-electron chi connectivity index (χ4n) is 2.20. The van der Waals surface area contributed by atoms with Crippen molar-refractivity contribution in [2.24, 2.45) is 17.4 Å². The fourth-order valence-corrected chi connectivity index (χ4v) is 2.20. The molecule has 0 aliphatic carbocycles. The van der Waals surface area contributed by atoms with Crippen LogP contribution in [0.3, 0.4) is 0 Å². The summed E-state index contributed by atoms with van der Waals surface area (Å²) < 4.78 is 5.73. The van der Waals surface area contributed by atoms with Gasteiger partial charge in [-0.2, -0.15) is 0 Å². The molecule has 0 fully saturated rings. The molecule has 108 valence electrons. The lowest BCUT2D eigenvalue weighted by Crippen LogP contribution is -2.51. The molecule has 1 aromatic carbocycles. The highest BCUT2D eigenvalue weighted by atomic mass is 16.5. The predicted molar refractivity (Wildman–Crippen MR) is 75.1 cm³/mol. The molecule has 1 heterocycles. The molecule has 1 aromatic rings. The Kier molecular flexibility index (Phi) is 3.94. The largest absolute Gasteiger partial charge is 0.478 e. The smallest absolute Gasteiger partial charge is 0.268 e. The van der Waals surface area contributed by atoms with Crippen LogP contribution < -0.4 is 21.1 Å². The van der Waals surface area contributed by atoms with E-state index in [0.717, 1.165) is 5.56 Å². The maximum atomic E-state index is 12.4. The molecule has 1 aliphatic rings. The van der Waals surface area contributed by atoms with Gasteiger partial charge in [-0.3, -0.25) is 14.5 Å². The first-order valence-corrected chi connectivity index (χ1v) is 6.53. The second-order valence-electron chi connectivity index (χ2n) is 5.18. The van der Waals surface area contributed by atoms with Gasteiger partial charge in [-0.15, -0.1) is 0 Å². The van der Waals surface area contributed by atoms with Gasteiger partial charge in [-0.05, 0) is 23.6 Å². The van der Waals surface area contributed by atoms with E-state index in [1.165, 1.54) is 4.90 Å². The summed E-state index contributed by atoms with van der Waals surface area (Å²) in [7, 11) is 0. The summed E-state index contributed by atoms with van der Waals surface area (Å²) in [5.41, 5.74) is 12.2. The topological polar surface area (TPSA) is 98.7 Å². The number of primary amides is 1. The van der Waals surface area contributed by atoms with E-state index in [9.17, 15) is 9.59 Å². The van der Waals surface area contributed by atoms with Crippen LogP contribution in [0.15, 0.2) is 18.2 Å². The second kappa shape index (κ2) is 5.50. The maximum Gasteiger partial charge on any atom is 0.268 e. The summed E-state index contributed by atoms with van der Waals surface area (Å²) in [6.07, 6.45) is -0.606. The highest BCUT2D eigenvalue weighted by Crippen LogP contribution is 2.36. The molecule has 1 unspecified atom stereocenters. The van der Waals surface area contributed by atoms with Crippen molar-refractivity contribution in [1.82, 2.24) is 0 Å². The van der Waals surface area contributed by atoms with Crippen molar-refractivity contribution in [3.63, 3.8) is 0 Å². The van der Waals surface area contributed by atoms with E-state index in [1.807, 2.05) is 19.9 Å². The Labute approximate surface area is 117 Å². The molecule has 6 heteroatoms. The van der Waals surface area contributed by atoms with Gasteiger partial charge in [0.25, 0.3) is 5.91 Å². The van der Waals surface area contributed by atoms with Gasteiger partial charge in [0.1, 0.15) is 12.3 Å². The quantitative estimate of drug-likeness (QED) is 0.831. The minimum Gasteiger partial charge on any atom is -0.478 e. The third-order valence-corrected chi connectivity index (χ3v) is 3.23. The van der Waals surface area contributed by atoms with Crippen LogP contribution in [0.2, 0.25) is 0 Å². The Morgan fingerprint density at radius 1 is 1.45 bits per heavy atom. The summed E-state index contributed by atoms with van der Waals surface area (Å²) in [5, 5.41) is 0. The first-order valence-electron chi connectivity index (χ1n) is 6.53. The first-order chi connectivity index (χ1) is 9.43. The third-order valence-electron chi connectivity index (χ3n) is 3.23. The molecule has 1 aliphatic heterocycles. The van der Waals surface area contributed by atoms with Crippen molar-refractivity contribution in [2.75, 3.05) is 11.4 Å². The van der Waals surface area contributed by atoms with Crippen molar-refractivity contribution in [2.45, 2.75) is 26.5 Å². The number of carbonyl (C=O) groups is 2. The van der Waals surface area contributed by atoms with Crippen LogP contribution >= 0.6 is 0 Å². The molecule has 2 amide bonds. The number of ether oxygens (including phenoxy) is 1. The van der Waals surface area contributed by atoms with Crippen LogP contribution in [0.4, 0.5) is 5.69 Å². The lowest BCUT2D eigenvalue weighted by molar-refractivity contribution is -0.129. The number of rotatable bonds is 4. The van der Waals surface area contributed by atoms with Crippen molar-refractivity contribution < 1.29 is 14.3 Å². The second-order valence-corrected chi connectivity index (χ2v) is 5.18. The highest BCUT2D eigenvalue weighted by molar-refractivity contribution is 6.03. The monoisotopic (exact) mass is 277 g/mol. The van der Waals surface area contributed by atoms with Crippen LogP contribution in [0.1, 0.15) is 19.4 Å². The number of anilines is 1. The molecule has 0 saturated heterocycles. The van der Waals surface area contributed by atoms with Gasteiger partial charge >= 0.3 is 0 Å². The van der Waals surface area contributed by atoms with Crippen LogP contribution in [0.5, 0.6) is 5.75 Å². The zero-order valence-electron chi connectivity index (χ0n) is 11.6. The predicted octanol–water partition coefficient (Wildman–Crippen LogP) is 0.381. The molecule has 4 N–H and O–H groups in total. The van der Waals surface area contributed by atoms with Gasteiger partial charge in [-0.25, -0.2) is 0 Å². The van der Waals surface area contributed by atoms with E-state index >= 15 is 0 Å². The zero-order valence-corrected chi connectivity index (χ0v) is 11.6. The molecule has 1 atom stereocenters. The Hall–Kier alpha value is -2.08. The minimum absolute atomic E-state index is 0.000196. The molecule has 0 bridgehead atoms. The standard InChI is InChI=1S/C14H19N3O3/c1-8(2)13-14(19)17(7-12(16)18)10-5-9(6-15)3-4-11(10)20-13/h3-5,8,13H,6-7,15H2,1-2H3,(H2,16,18). The number of amides is 2. The Bertz CT molecular complexity index is 542. The zero-order chi connectivity index (χ0) is 14.9. The maximum absolute atomic E-state index is 12.4. The van der Waals surface area contributed by atoms with Gasteiger partial charge in [0.05, 0.1) is 5.69 Å². The van der Waals surface area contributed by atoms with Crippen LogP contribution in [-0.4, -0.2) is 24.5 Å². The lowest BCUT2D eigenvalue weighted by atomic mass is 10.0. The van der Waals surface area contributed by atoms with Gasteiger partial charge in [0, 0.05) is 6.54 Å².